The van der Waals surface area contributed by atoms with Crippen molar-refractivity contribution in [1.29, 1.82) is 0 Å². The Kier molecular flexibility index (Phi) is 11.7. The van der Waals surface area contributed by atoms with E-state index >= 15 is 0 Å². The highest BCUT2D eigenvalue weighted by atomic mass is 127. The average Bonchev–Trinajstić information content (AvgIpc) is 3.29. The van der Waals surface area contributed by atoms with E-state index in [0.29, 0.717) is 17.3 Å². The van der Waals surface area contributed by atoms with Gasteiger partial charge in [0.15, 0.2) is 5.96 Å². The minimum atomic E-state index is -0.697. The molecule has 170 valence electrons. The molecule has 2 N–H and O–H groups in total. The lowest BCUT2D eigenvalue weighted by molar-refractivity contribution is 0.251. The zero-order valence-electron chi connectivity index (χ0n) is 18.5. The molecule has 4 unspecified atom stereocenters. The molecule has 30 heavy (non-hydrogen) atoms. The van der Waals surface area contributed by atoms with Gasteiger partial charge in [-0.15, -0.1) is 24.0 Å². The summed E-state index contributed by atoms with van der Waals surface area (Å²) in [6.45, 7) is 8.07. The van der Waals surface area contributed by atoms with E-state index in [4.69, 9.17) is 4.99 Å². The van der Waals surface area contributed by atoms with Crippen molar-refractivity contribution in [3.05, 3.63) is 35.9 Å². The summed E-state index contributed by atoms with van der Waals surface area (Å²) in [5.41, 5.74) is 1.35. The molecule has 1 saturated carbocycles. The Morgan fingerprint density at radius 3 is 2.57 bits per heavy atom. The summed E-state index contributed by atoms with van der Waals surface area (Å²) in [5.74, 6) is 1.67. The van der Waals surface area contributed by atoms with Crippen molar-refractivity contribution in [2.24, 2.45) is 4.99 Å². The SMILES string of the molecule is CCNC(=NCC(c1ccccc1)N1CCCC1)NC1CCCC(S(=O)CC)C1.I. The summed E-state index contributed by atoms with van der Waals surface area (Å²) < 4.78 is 12.3. The summed E-state index contributed by atoms with van der Waals surface area (Å²) in [6.07, 6.45) is 6.92. The fourth-order valence-electron chi connectivity index (χ4n) is 4.60. The molecular weight excluding hydrogens is 507 g/mol. The Bertz CT molecular complexity index is 666. The Balaban J connectivity index is 0.00000320. The van der Waals surface area contributed by atoms with Crippen LogP contribution in [-0.4, -0.2) is 58.3 Å². The van der Waals surface area contributed by atoms with E-state index in [9.17, 15) is 4.21 Å². The van der Waals surface area contributed by atoms with Crippen molar-refractivity contribution in [3.63, 3.8) is 0 Å². The van der Waals surface area contributed by atoms with Gasteiger partial charge in [0.05, 0.1) is 12.6 Å². The first-order chi connectivity index (χ1) is 14.2. The topological polar surface area (TPSA) is 56.7 Å². The van der Waals surface area contributed by atoms with E-state index in [2.05, 4.69) is 52.8 Å². The maximum atomic E-state index is 12.3. The third-order valence-corrected chi connectivity index (χ3v) is 7.90. The van der Waals surface area contributed by atoms with Crippen LogP contribution in [0.5, 0.6) is 0 Å². The lowest BCUT2D eigenvalue weighted by Gasteiger charge is -2.31. The molecule has 3 rings (SSSR count). The highest BCUT2D eigenvalue weighted by Crippen LogP contribution is 2.26. The molecule has 0 aromatic heterocycles. The Hall–Kier alpha value is -0.670. The molecule has 0 bridgehead atoms. The van der Waals surface area contributed by atoms with Gasteiger partial charge in [0, 0.05) is 34.4 Å². The molecule has 0 spiro atoms. The van der Waals surface area contributed by atoms with E-state index in [-0.39, 0.29) is 24.0 Å². The van der Waals surface area contributed by atoms with Gasteiger partial charge in [0.25, 0.3) is 0 Å². The van der Waals surface area contributed by atoms with E-state index in [1.807, 2.05) is 6.92 Å². The van der Waals surface area contributed by atoms with Crippen molar-refractivity contribution in [3.8, 4) is 0 Å². The summed E-state index contributed by atoms with van der Waals surface area (Å²) in [4.78, 5) is 7.57. The summed E-state index contributed by atoms with van der Waals surface area (Å²) in [7, 11) is -0.697. The first-order valence-electron chi connectivity index (χ1n) is 11.4. The molecule has 4 atom stereocenters. The van der Waals surface area contributed by atoms with Gasteiger partial charge in [-0.25, -0.2) is 0 Å². The van der Waals surface area contributed by atoms with Gasteiger partial charge in [-0.05, 0) is 57.7 Å². The summed E-state index contributed by atoms with van der Waals surface area (Å²) in [6, 6.07) is 11.5. The van der Waals surface area contributed by atoms with E-state index < -0.39 is 10.8 Å². The quantitative estimate of drug-likeness (QED) is 0.293. The Morgan fingerprint density at radius 2 is 1.90 bits per heavy atom. The molecule has 1 heterocycles. The van der Waals surface area contributed by atoms with E-state index in [1.54, 1.807) is 0 Å². The number of hydrogen-bond donors (Lipinski definition) is 2. The van der Waals surface area contributed by atoms with Gasteiger partial charge in [0.1, 0.15) is 0 Å². The number of nitrogens with one attached hydrogen (secondary N) is 2. The van der Waals surface area contributed by atoms with Gasteiger partial charge in [-0.2, -0.15) is 0 Å². The second-order valence-electron chi connectivity index (χ2n) is 8.19. The minimum Gasteiger partial charge on any atom is -0.357 e. The number of likely N-dealkylation sites (tertiary alicyclic amines) is 1. The molecule has 1 aromatic rings. The van der Waals surface area contributed by atoms with Gasteiger partial charge in [0.2, 0.25) is 0 Å². The molecule has 1 saturated heterocycles. The fraction of sp³-hybridized carbons (Fsp3) is 0.696. The maximum absolute atomic E-state index is 12.3. The van der Waals surface area contributed by atoms with Crippen LogP contribution >= 0.6 is 24.0 Å². The van der Waals surface area contributed by atoms with Crippen LogP contribution < -0.4 is 10.6 Å². The lowest BCUT2D eigenvalue weighted by Crippen LogP contribution is -2.47. The standard InChI is InChI=1S/C23H38N4OS.HI/c1-3-24-23(26-20-13-10-14-21(17-20)29(28)4-2)25-18-22(27-15-8-9-16-27)19-11-6-5-7-12-19;/h5-7,11-12,20-22H,3-4,8-10,13-18H2,1-2H3,(H2,24,25,26);1H. The summed E-state index contributed by atoms with van der Waals surface area (Å²) >= 11 is 0. The Labute approximate surface area is 202 Å². The van der Waals surface area contributed by atoms with Crippen LogP contribution in [0.2, 0.25) is 0 Å². The molecule has 2 aliphatic rings. The van der Waals surface area contributed by atoms with Crippen molar-refractivity contribution in [1.82, 2.24) is 15.5 Å². The van der Waals surface area contributed by atoms with Crippen molar-refractivity contribution >= 4 is 40.7 Å². The third kappa shape index (κ3) is 7.48. The van der Waals surface area contributed by atoms with Gasteiger partial charge in [-0.1, -0.05) is 43.7 Å². The van der Waals surface area contributed by atoms with E-state index in [0.717, 1.165) is 63.6 Å². The first-order valence-corrected chi connectivity index (χ1v) is 12.8. The number of nitrogens with zero attached hydrogens (tertiary/aromatic N) is 2. The number of aliphatic imine (C=N–C) groups is 1. The second-order valence-corrected chi connectivity index (χ2v) is 10.2. The summed E-state index contributed by atoms with van der Waals surface area (Å²) in [5, 5.41) is 7.41. The number of rotatable bonds is 8. The zero-order valence-corrected chi connectivity index (χ0v) is 21.7. The number of hydrogen-bond acceptors (Lipinski definition) is 3. The van der Waals surface area contributed by atoms with Crippen molar-refractivity contribution < 1.29 is 4.21 Å². The minimum absolute atomic E-state index is 0. The number of guanidine groups is 1. The number of halogens is 1. The monoisotopic (exact) mass is 546 g/mol. The van der Waals surface area contributed by atoms with Gasteiger partial charge >= 0.3 is 0 Å². The van der Waals surface area contributed by atoms with Crippen LogP contribution in [0.1, 0.15) is 64.0 Å². The van der Waals surface area contributed by atoms with E-state index in [1.165, 1.54) is 18.4 Å². The molecule has 2 fully saturated rings. The number of benzene rings is 1. The molecule has 1 aromatic carbocycles. The molecular formula is C23H39IN4OS. The zero-order chi connectivity index (χ0) is 20.5. The van der Waals surface area contributed by atoms with Crippen LogP contribution in [0.3, 0.4) is 0 Å². The smallest absolute Gasteiger partial charge is 0.191 e. The van der Waals surface area contributed by atoms with Crippen LogP contribution in [0, 0.1) is 0 Å². The first kappa shape index (κ1) is 25.6. The van der Waals surface area contributed by atoms with Crippen molar-refractivity contribution in [2.75, 3.05) is 31.9 Å². The molecule has 7 heteroatoms. The Morgan fingerprint density at radius 1 is 1.17 bits per heavy atom. The van der Waals surface area contributed by atoms with Crippen LogP contribution in [0.15, 0.2) is 35.3 Å². The molecule has 0 radical (unpaired) electrons. The largest absolute Gasteiger partial charge is 0.357 e. The fourth-order valence-corrected chi connectivity index (χ4v) is 5.95. The predicted molar refractivity (Wildman–Crippen MR) is 139 cm³/mol. The highest BCUT2D eigenvalue weighted by Gasteiger charge is 2.27. The van der Waals surface area contributed by atoms with Crippen LogP contribution in [0.25, 0.3) is 0 Å². The van der Waals surface area contributed by atoms with Gasteiger partial charge in [-0.3, -0.25) is 14.1 Å². The molecule has 5 nitrogen and oxygen atoms in total. The van der Waals surface area contributed by atoms with Crippen molar-refractivity contribution in [2.45, 2.75) is 69.7 Å². The second kappa shape index (κ2) is 13.7. The molecule has 1 aliphatic heterocycles. The normalized spacial score (nSPS) is 24.7. The van der Waals surface area contributed by atoms with Gasteiger partial charge < -0.3 is 10.6 Å². The van der Waals surface area contributed by atoms with Crippen LogP contribution in [0.4, 0.5) is 0 Å². The van der Waals surface area contributed by atoms with Crippen LogP contribution in [-0.2, 0) is 10.8 Å². The lowest BCUT2D eigenvalue weighted by atomic mass is 9.95. The molecule has 0 amide bonds. The maximum Gasteiger partial charge on any atom is 0.191 e. The third-order valence-electron chi connectivity index (χ3n) is 6.16. The average molecular weight is 547 g/mol. The highest BCUT2D eigenvalue weighted by molar-refractivity contribution is 14.0. The molecule has 1 aliphatic carbocycles. The predicted octanol–water partition coefficient (Wildman–Crippen LogP) is 4.08.